The van der Waals surface area contributed by atoms with E-state index in [2.05, 4.69) is 26.8 Å². The maximum Gasteiger partial charge on any atom is 0.302 e. The Balaban J connectivity index is 1.36. The highest BCUT2D eigenvalue weighted by atomic mass is 16.7. The van der Waals surface area contributed by atoms with Crippen LogP contribution in [-0.2, 0) is 23.8 Å². The molecule has 0 N–H and O–H groups in total. The van der Waals surface area contributed by atoms with Crippen LogP contribution >= 0.6 is 0 Å². The lowest BCUT2D eigenvalue weighted by Gasteiger charge is -2.57. The molecule has 36 heavy (non-hydrogen) atoms. The van der Waals surface area contributed by atoms with Gasteiger partial charge in [-0.1, -0.05) is 52.0 Å². The molecule has 0 heterocycles. The van der Waals surface area contributed by atoms with E-state index in [1.165, 1.54) is 57.4 Å². The second-order valence-electron chi connectivity index (χ2n) is 12.9. The van der Waals surface area contributed by atoms with E-state index < -0.39 is 0 Å². The Bertz CT molecular complexity index is 820. The molecule has 0 aliphatic heterocycles. The van der Waals surface area contributed by atoms with Gasteiger partial charge in [0.2, 0.25) is 0 Å². The summed E-state index contributed by atoms with van der Waals surface area (Å²) in [4.78, 5) is 24.4. The van der Waals surface area contributed by atoms with Crippen molar-refractivity contribution in [3.63, 3.8) is 0 Å². The standard InChI is InChI=1S/C31H50O5/c1-21(10-8-6-7-9-17-35-22(2)32)25-11-12-26-24-19-29(33)28-18-23(36-20-34-5)13-15-31(28,4)27(24)14-16-30(25,26)3/h19,21,23,25-28H,6-18,20H2,1-5H3/t21-,23+,25-,26+,27?,28-,30-,31-/m1/s1. The van der Waals surface area contributed by atoms with Crippen molar-refractivity contribution in [2.24, 2.45) is 40.4 Å². The number of hydrogen-bond donors (Lipinski definition) is 0. The summed E-state index contributed by atoms with van der Waals surface area (Å²) < 4.78 is 16.1. The van der Waals surface area contributed by atoms with E-state index in [-0.39, 0.29) is 23.4 Å². The molecular formula is C31H50O5. The van der Waals surface area contributed by atoms with Gasteiger partial charge in [-0.05, 0) is 91.9 Å². The zero-order valence-corrected chi connectivity index (χ0v) is 23.5. The first-order valence-electron chi connectivity index (χ1n) is 14.7. The van der Waals surface area contributed by atoms with Gasteiger partial charge < -0.3 is 14.2 Å². The predicted octanol–water partition coefficient (Wildman–Crippen LogP) is 6.88. The van der Waals surface area contributed by atoms with E-state index in [9.17, 15) is 9.59 Å². The second-order valence-corrected chi connectivity index (χ2v) is 12.9. The van der Waals surface area contributed by atoms with Crippen LogP contribution in [0.15, 0.2) is 11.6 Å². The molecule has 8 atom stereocenters. The molecule has 0 bridgehead atoms. The van der Waals surface area contributed by atoms with E-state index in [0.717, 1.165) is 43.9 Å². The van der Waals surface area contributed by atoms with Crippen LogP contribution in [0.5, 0.6) is 0 Å². The van der Waals surface area contributed by atoms with Gasteiger partial charge >= 0.3 is 5.97 Å². The molecule has 0 aromatic rings. The van der Waals surface area contributed by atoms with Crippen LogP contribution in [0.3, 0.4) is 0 Å². The van der Waals surface area contributed by atoms with Gasteiger partial charge in [0.25, 0.3) is 0 Å². The molecule has 4 aliphatic carbocycles. The monoisotopic (exact) mass is 502 g/mol. The largest absolute Gasteiger partial charge is 0.466 e. The van der Waals surface area contributed by atoms with Gasteiger partial charge in [-0.3, -0.25) is 9.59 Å². The summed E-state index contributed by atoms with van der Waals surface area (Å²) in [6.07, 6.45) is 16.2. The predicted molar refractivity (Wildman–Crippen MR) is 141 cm³/mol. The van der Waals surface area contributed by atoms with Crippen molar-refractivity contribution in [3.05, 3.63) is 11.6 Å². The maximum atomic E-state index is 13.5. The van der Waals surface area contributed by atoms with Crippen molar-refractivity contribution in [1.82, 2.24) is 0 Å². The summed E-state index contributed by atoms with van der Waals surface area (Å²) in [5.74, 6) is 2.91. The topological polar surface area (TPSA) is 61.8 Å². The number of rotatable bonds is 11. The van der Waals surface area contributed by atoms with E-state index in [4.69, 9.17) is 14.2 Å². The number of carbonyl (C=O) groups is 2. The van der Waals surface area contributed by atoms with E-state index in [1.54, 1.807) is 7.11 Å². The minimum atomic E-state index is -0.176. The van der Waals surface area contributed by atoms with Crippen LogP contribution in [0, 0.1) is 40.4 Å². The van der Waals surface area contributed by atoms with Crippen LogP contribution < -0.4 is 0 Å². The quantitative estimate of drug-likeness (QED) is 0.175. The smallest absolute Gasteiger partial charge is 0.302 e. The molecule has 3 saturated carbocycles. The van der Waals surface area contributed by atoms with E-state index in [0.29, 0.717) is 36.4 Å². The van der Waals surface area contributed by atoms with E-state index in [1.807, 2.05) is 0 Å². The molecule has 5 nitrogen and oxygen atoms in total. The lowest BCUT2D eigenvalue weighted by molar-refractivity contribution is -0.142. The van der Waals surface area contributed by atoms with Gasteiger partial charge in [0, 0.05) is 20.0 Å². The fourth-order valence-electron chi connectivity index (χ4n) is 8.96. The second kappa shape index (κ2) is 11.7. The maximum absolute atomic E-state index is 13.5. The Morgan fingerprint density at radius 3 is 2.47 bits per heavy atom. The number of ketones is 1. The Hall–Kier alpha value is -1.20. The number of fused-ring (bicyclic) bond motifs is 5. The number of unbranched alkanes of at least 4 members (excludes halogenated alkanes) is 3. The number of carbonyl (C=O) groups excluding carboxylic acids is 2. The number of allylic oxidation sites excluding steroid dienone is 2. The van der Waals surface area contributed by atoms with Crippen molar-refractivity contribution >= 4 is 11.8 Å². The Morgan fingerprint density at radius 2 is 1.72 bits per heavy atom. The van der Waals surface area contributed by atoms with E-state index >= 15 is 0 Å². The summed E-state index contributed by atoms with van der Waals surface area (Å²) in [7, 11) is 1.66. The SMILES string of the molecule is COCO[C@H]1CC[C@]2(C)C3CC[C@]4(C)[C@@H]([C@H](C)CCCCCCOC(C)=O)CC[C@H]4C3=CC(=O)[C@H]2C1. The van der Waals surface area contributed by atoms with Crippen molar-refractivity contribution < 1.29 is 23.8 Å². The molecule has 4 rings (SSSR count). The Labute approximate surface area is 219 Å². The lowest BCUT2D eigenvalue weighted by Crippen LogP contribution is -2.52. The molecule has 3 fully saturated rings. The molecule has 0 radical (unpaired) electrons. The molecule has 5 heteroatoms. The van der Waals surface area contributed by atoms with Gasteiger partial charge in [-0.15, -0.1) is 0 Å². The average Bonchev–Trinajstić information content (AvgIpc) is 3.20. The van der Waals surface area contributed by atoms with Crippen LogP contribution in [0.1, 0.15) is 105 Å². The highest BCUT2D eigenvalue weighted by Gasteiger charge is 2.59. The summed E-state index contributed by atoms with van der Waals surface area (Å²) in [5, 5.41) is 0. The zero-order valence-electron chi connectivity index (χ0n) is 23.5. The third-order valence-corrected chi connectivity index (χ3v) is 10.9. The van der Waals surface area contributed by atoms with Gasteiger partial charge in [0.15, 0.2) is 5.78 Å². The van der Waals surface area contributed by atoms with Crippen molar-refractivity contribution in [1.29, 1.82) is 0 Å². The third-order valence-electron chi connectivity index (χ3n) is 10.9. The van der Waals surface area contributed by atoms with Crippen molar-refractivity contribution in [3.8, 4) is 0 Å². The normalized spacial score (nSPS) is 38.5. The molecule has 0 amide bonds. The number of esters is 1. The molecular weight excluding hydrogens is 452 g/mol. The van der Waals surface area contributed by atoms with Crippen molar-refractivity contribution in [2.75, 3.05) is 20.5 Å². The Morgan fingerprint density at radius 1 is 1.00 bits per heavy atom. The highest BCUT2D eigenvalue weighted by molar-refractivity contribution is 5.94. The highest BCUT2D eigenvalue weighted by Crippen LogP contribution is 2.66. The van der Waals surface area contributed by atoms with Crippen LogP contribution in [-0.4, -0.2) is 38.4 Å². The van der Waals surface area contributed by atoms with Crippen LogP contribution in [0.2, 0.25) is 0 Å². The summed E-state index contributed by atoms with van der Waals surface area (Å²) in [6, 6.07) is 0. The van der Waals surface area contributed by atoms with Crippen molar-refractivity contribution in [2.45, 2.75) is 111 Å². The Kier molecular flexibility index (Phi) is 9.03. The number of hydrogen-bond acceptors (Lipinski definition) is 5. The van der Waals surface area contributed by atoms with Crippen LogP contribution in [0.4, 0.5) is 0 Å². The first kappa shape index (κ1) is 27.8. The van der Waals surface area contributed by atoms with Crippen LogP contribution in [0.25, 0.3) is 0 Å². The molecule has 0 spiro atoms. The molecule has 0 aromatic carbocycles. The first-order valence-corrected chi connectivity index (χ1v) is 14.7. The molecule has 1 unspecified atom stereocenters. The fourth-order valence-corrected chi connectivity index (χ4v) is 8.96. The summed E-state index contributed by atoms with van der Waals surface area (Å²) >= 11 is 0. The minimum absolute atomic E-state index is 0.0885. The van der Waals surface area contributed by atoms with Gasteiger partial charge in [-0.2, -0.15) is 0 Å². The fraction of sp³-hybridized carbons (Fsp3) is 0.871. The summed E-state index contributed by atoms with van der Waals surface area (Å²) in [6.45, 7) is 9.80. The van der Waals surface area contributed by atoms with Gasteiger partial charge in [0.05, 0.1) is 12.7 Å². The van der Waals surface area contributed by atoms with Gasteiger partial charge in [-0.25, -0.2) is 0 Å². The zero-order chi connectivity index (χ0) is 25.9. The minimum Gasteiger partial charge on any atom is -0.466 e. The lowest BCUT2D eigenvalue weighted by atomic mass is 9.47. The third kappa shape index (κ3) is 5.48. The molecule has 0 aromatic heterocycles. The average molecular weight is 503 g/mol. The molecule has 4 aliphatic rings. The number of ether oxygens (including phenoxy) is 3. The molecule has 204 valence electrons. The summed E-state index contributed by atoms with van der Waals surface area (Å²) in [5.41, 5.74) is 1.94. The first-order chi connectivity index (χ1) is 17.2. The molecule has 0 saturated heterocycles. The van der Waals surface area contributed by atoms with Gasteiger partial charge in [0.1, 0.15) is 6.79 Å². The number of methoxy groups -OCH3 is 1.